The Morgan fingerprint density at radius 3 is 2.19 bits per heavy atom. The molecule has 13 heteroatoms. The topological polar surface area (TPSA) is 169 Å². The van der Waals surface area contributed by atoms with Crippen LogP contribution in [0.3, 0.4) is 0 Å². The van der Waals surface area contributed by atoms with Gasteiger partial charge in [0.15, 0.2) is 29.8 Å². The third-order valence-corrected chi connectivity index (χ3v) is 4.74. The van der Waals surface area contributed by atoms with Crippen molar-refractivity contribution in [3.63, 3.8) is 0 Å². The average Bonchev–Trinajstić information content (AvgIpc) is 3.20. The number of rotatable bonds is 5. The molecule has 13 nitrogen and oxygen atoms in total. The van der Waals surface area contributed by atoms with E-state index in [0.29, 0.717) is 0 Å². The van der Waals surface area contributed by atoms with Gasteiger partial charge in [0, 0.05) is 27.7 Å². The first-order chi connectivity index (χ1) is 14.6. The number of ether oxygens (including phenoxy) is 3. The molecule has 0 spiro atoms. The van der Waals surface area contributed by atoms with Crippen molar-refractivity contribution in [2.24, 2.45) is 0 Å². The minimum Gasteiger partial charge on any atom is -0.464 e. The number of fused-ring (bicyclic) bond motifs is 1. The third-order valence-electron chi connectivity index (χ3n) is 4.74. The molecule has 166 valence electrons. The first kappa shape index (κ1) is 21.9. The summed E-state index contributed by atoms with van der Waals surface area (Å²) in [6.45, 7) is 4.57. The third kappa shape index (κ3) is 4.25. The number of esters is 3. The summed E-state index contributed by atoms with van der Waals surface area (Å²) in [5.41, 5.74) is 6.41. The Kier molecular flexibility index (Phi) is 6.04. The van der Waals surface area contributed by atoms with E-state index in [9.17, 15) is 19.2 Å². The molecule has 31 heavy (non-hydrogen) atoms. The summed E-state index contributed by atoms with van der Waals surface area (Å²) < 4.78 is 17.5. The van der Waals surface area contributed by atoms with Gasteiger partial charge >= 0.3 is 17.9 Å². The number of imidazole rings is 1. The van der Waals surface area contributed by atoms with Crippen LogP contribution in [0.1, 0.15) is 33.9 Å². The van der Waals surface area contributed by atoms with Gasteiger partial charge in [-0.2, -0.15) is 0 Å². The molecular formula is C18H22N6O7. The van der Waals surface area contributed by atoms with Crippen molar-refractivity contribution in [1.29, 1.82) is 0 Å². The summed E-state index contributed by atoms with van der Waals surface area (Å²) in [7, 11) is 0. The second-order valence-corrected chi connectivity index (χ2v) is 6.94. The summed E-state index contributed by atoms with van der Waals surface area (Å²) in [5, 5.41) is 0. The first-order valence-corrected chi connectivity index (χ1v) is 9.31. The number of nitrogens with zero attached hydrogens (tertiary/aromatic N) is 5. The van der Waals surface area contributed by atoms with Crippen molar-refractivity contribution in [3.8, 4) is 0 Å². The summed E-state index contributed by atoms with van der Waals surface area (Å²) in [6.07, 6.45) is -0.675. The maximum absolute atomic E-state index is 12.7. The highest BCUT2D eigenvalue weighted by molar-refractivity contribution is 5.82. The average molecular weight is 434 g/mol. The molecule has 3 heterocycles. The molecule has 1 fully saturated rings. The predicted octanol–water partition coefficient (Wildman–Crippen LogP) is -0.436. The van der Waals surface area contributed by atoms with Gasteiger partial charge in [-0.15, -0.1) is 0 Å². The minimum atomic E-state index is -1.14. The molecule has 1 saturated heterocycles. The molecule has 2 N–H and O–H groups in total. The smallest absolute Gasteiger partial charge is 0.303 e. The van der Waals surface area contributed by atoms with E-state index >= 15 is 0 Å². The molecule has 0 saturated carbocycles. The number of carbonyl (C=O) groups excluding carboxylic acids is 4. The fraction of sp³-hybridized carbons (Fsp3) is 0.500. The second kappa shape index (κ2) is 8.53. The van der Waals surface area contributed by atoms with Crippen molar-refractivity contribution in [3.05, 3.63) is 12.7 Å². The first-order valence-electron chi connectivity index (χ1n) is 9.31. The molecule has 0 bridgehead atoms. The van der Waals surface area contributed by atoms with Crippen molar-refractivity contribution >= 4 is 40.8 Å². The molecule has 1 aliphatic rings. The lowest BCUT2D eigenvalue weighted by atomic mass is 10.1. The van der Waals surface area contributed by atoms with Crippen LogP contribution in [0.15, 0.2) is 12.7 Å². The highest BCUT2D eigenvalue weighted by Crippen LogP contribution is 2.39. The van der Waals surface area contributed by atoms with E-state index in [1.165, 1.54) is 49.8 Å². The van der Waals surface area contributed by atoms with Gasteiger partial charge in [0.2, 0.25) is 5.91 Å². The number of carbonyl (C=O) groups is 4. The SMILES string of the molecule is CC(=O)OC[C@@H]1[C@H](OC(C)=O)[C@@H](OC(C)=O)[C@H](n2cnc3c(N)ncnc32)N1C(C)=O. The predicted molar refractivity (Wildman–Crippen MR) is 103 cm³/mol. The van der Waals surface area contributed by atoms with Crippen LogP contribution in [0.25, 0.3) is 11.2 Å². The molecule has 0 aliphatic carbocycles. The number of nitrogen functional groups attached to an aromatic ring is 1. The fourth-order valence-corrected chi connectivity index (χ4v) is 3.71. The lowest BCUT2D eigenvalue weighted by Crippen LogP contribution is -2.45. The minimum absolute atomic E-state index is 0.119. The second-order valence-electron chi connectivity index (χ2n) is 6.94. The van der Waals surface area contributed by atoms with Crippen LogP contribution >= 0.6 is 0 Å². The zero-order valence-electron chi connectivity index (χ0n) is 17.3. The summed E-state index contributed by atoms with van der Waals surface area (Å²) in [6, 6.07) is -0.934. The van der Waals surface area contributed by atoms with Crippen LogP contribution in [0.4, 0.5) is 5.82 Å². The molecule has 1 amide bonds. The number of amides is 1. The Morgan fingerprint density at radius 2 is 1.61 bits per heavy atom. The largest absolute Gasteiger partial charge is 0.464 e. The Balaban J connectivity index is 2.18. The zero-order valence-corrected chi connectivity index (χ0v) is 17.3. The molecule has 4 atom stereocenters. The van der Waals surface area contributed by atoms with E-state index in [-0.39, 0.29) is 23.6 Å². The number of hydrogen-bond acceptors (Lipinski definition) is 11. The summed E-state index contributed by atoms with van der Waals surface area (Å²) in [5.74, 6) is -2.25. The molecule has 0 radical (unpaired) electrons. The number of aromatic nitrogens is 4. The van der Waals surface area contributed by atoms with Gasteiger partial charge in [-0.25, -0.2) is 15.0 Å². The lowest BCUT2D eigenvalue weighted by molar-refractivity contribution is -0.166. The number of nitrogens with two attached hydrogens (primary N) is 1. The van der Waals surface area contributed by atoms with Gasteiger partial charge in [-0.3, -0.25) is 23.7 Å². The lowest BCUT2D eigenvalue weighted by Gasteiger charge is -2.30. The van der Waals surface area contributed by atoms with Crippen molar-refractivity contribution in [2.75, 3.05) is 12.3 Å². The molecule has 0 unspecified atom stereocenters. The molecular weight excluding hydrogens is 412 g/mol. The standard InChI is InChI=1S/C18H22N6O7/c1-8(25)24-12(5-29-9(2)26)14(30-10(3)27)15(31-11(4)28)18(24)23-7-22-13-16(19)20-6-21-17(13)23/h6-7,12,14-15,18H,5H2,1-4H3,(H2,19,20,21)/t12-,14+,15-,18-/m1/s1. The van der Waals surface area contributed by atoms with E-state index in [1.54, 1.807) is 0 Å². The van der Waals surface area contributed by atoms with Crippen LogP contribution in [-0.2, 0) is 33.4 Å². The maximum atomic E-state index is 12.7. The van der Waals surface area contributed by atoms with Gasteiger partial charge in [0.05, 0.1) is 6.33 Å². The normalized spacial score (nSPS) is 22.9. The van der Waals surface area contributed by atoms with E-state index in [1.807, 2.05) is 0 Å². The molecule has 1 aliphatic heterocycles. The monoisotopic (exact) mass is 434 g/mol. The van der Waals surface area contributed by atoms with Crippen molar-refractivity contribution in [1.82, 2.24) is 24.4 Å². The van der Waals surface area contributed by atoms with Gasteiger partial charge in [-0.05, 0) is 0 Å². The van der Waals surface area contributed by atoms with Crippen molar-refractivity contribution < 1.29 is 33.4 Å². The van der Waals surface area contributed by atoms with E-state index < -0.39 is 48.2 Å². The van der Waals surface area contributed by atoms with Gasteiger partial charge < -0.3 is 24.8 Å². The van der Waals surface area contributed by atoms with Gasteiger partial charge in [-0.1, -0.05) is 0 Å². The molecule has 0 aromatic carbocycles. The van der Waals surface area contributed by atoms with Crippen LogP contribution < -0.4 is 5.73 Å². The number of likely N-dealkylation sites (tertiary alicyclic amines) is 1. The van der Waals surface area contributed by atoms with Crippen LogP contribution in [0, 0.1) is 0 Å². The van der Waals surface area contributed by atoms with Crippen LogP contribution in [0.2, 0.25) is 0 Å². The van der Waals surface area contributed by atoms with E-state index in [2.05, 4.69) is 15.0 Å². The summed E-state index contributed by atoms with van der Waals surface area (Å²) in [4.78, 5) is 61.4. The van der Waals surface area contributed by atoms with Gasteiger partial charge in [0.25, 0.3) is 0 Å². The zero-order chi connectivity index (χ0) is 22.9. The number of hydrogen-bond donors (Lipinski definition) is 1. The molecule has 2 aromatic rings. The fourth-order valence-electron chi connectivity index (χ4n) is 3.71. The van der Waals surface area contributed by atoms with Crippen molar-refractivity contribution in [2.45, 2.75) is 52.1 Å². The van der Waals surface area contributed by atoms with E-state index in [4.69, 9.17) is 19.9 Å². The Hall–Kier alpha value is -3.77. The molecule has 2 aromatic heterocycles. The highest BCUT2D eigenvalue weighted by atomic mass is 16.6. The van der Waals surface area contributed by atoms with Gasteiger partial charge in [0.1, 0.15) is 24.5 Å². The maximum Gasteiger partial charge on any atom is 0.303 e. The summed E-state index contributed by atoms with van der Waals surface area (Å²) >= 11 is 0. The van der Waals surface area contributed by atoms with Crippen LogP contribution in [0.5, 0.6) is 0 Å². The highest BCUT2D eigenvalue weighted by Gasteiger charge is 2.56. The molecule has 3 rings (SSSR count). The van der Waals surface area contributed by atoms with E-state index in [0.717, 1.165) is 0 Å². The number of anilines is 1. The Labute approximate surface area is 176 Å². The van der Waals surface area contributed by atoms with Crippen LogP contribution in [-0.4, -0.2) is 73.1 Å². The Bertz CT molecular complexity index is 1040. The Morgan fingerprint density at radius 1 is 0.968 bits per heavy atom. The quantitative estimate of drug-likeness (QED) is 0.478.